The van der Waals surface area contributed by atoms with E-state index in [4.69, 9.17) is 9.15 Å². The second-order valence-electron chi connectivity index (χ2n) is 18.6. The van der Waals surface area contributed by atoms with Crippen LogP contribution in [-0.2, 0) is 4.74 Å². The van der Waals surface area contributed by atoms with Gasteiger partial charge >= 0.3 is 0 Å². The van der Waals surface area contributed by atoms with Crippen molar-refractivity contribution in [3.8, 4) is 0 Å². The number of pyridine rings is 2. The van der Waals surface area contributed by atoms with Gasteiger partial charge in [-0.15, -0.1) is 11.3 Å². The van der Waals surface area contributed by atoms with Crippen molar-refractivity contribution in [3.63, 3.8) is 0 Å². The van der Waals surface area contributed by atoms with E-state index in [1.807, 2.05) is 261 Å². The van der Waals surface area contributed by atoms with Crippen LogP contribution in [0.2, 0.25) is 0 Å². The number of H-pyrrole nitrogens is 1. The number of morpholine rings is 1. The number of hydrogen-bond donors (Lipinski definition) is 2. The number of nitrogens with one attached hydrogen (secondary N) is 2. The van der Waals surface area contributed by atoms with Gasteiger partial charge in [0.15, 0.2) is 0 Å². The summed E-state index contributed by atoms with van der Waals surface area (Å²) in [6.07, 6.45) is 20.7. The molecule has 3 fully saturated rings. The van der Waals surface area contributed by atoms with Gasteiger partial charge in [0.2, 0.25) is 0 Å². The minimum atomic E-state index is 0.822. The average Bonchev–Trinajstić information content (AvgIpc) is 4.72. The molecule has 3 aliphatic rings. The summed E-state index contributed by atoms with van der Waals surface area (Å²) in [4.78, 5) is 22.4. The number of benzene rings is 1. The van der Waals surface area contributed by atoms with E-state index in [-0.39, 0.29) is 0 Å². The molecule has 0 amide bonds. The summed E-state index contributed by atoms with van der Waals surface area (Å²) in [6, 6.07) is 36.0. The Kier molecular flexibility index (Phi) is 129. The molecule has 0 unspecified atom stereocenters. The van der Waals surface area contributed by atoms with Gasteiger partial charge in [0, 0.05) is 66.0 Å². The number of likely N-dealkylation sites (N-methyl/N-ethyl adjacent to an activating group) is 1. The number of ether oxygens (including phenoxy) is 1. The number of aryl methyl sites for hydroxylation is 9. The summed E-state index contributed by atoms with van der Waals surface area (Å²) >= 11 is 3.52. The molecule has 0 atom stereocenters. The lowest BCUT2D eigenvalue weighted by Crippen LogP contribution is -2.32. The molecule has 0 spiro atoms. The van der Waals surface area contributed by atoms with Crippen LogP contribution in [-0.4, -0.2) is 76.3 Å². The molecule has 1 aromatic carbocycles. The molecule has 2 saturated heterocycles. The van der Waals surface area contributed by atoms with Crippen molar-refractivity contribution in [1.82, 2.24) is 35.1 Å². The summed E-state index contributed by atoms with van der Waals surface area (Å²) in [5.74, 6) is 3.80. The maximum atomic E-state index is 5.10. The summed E-state index contributed by atoms with van der Waals surface area (Å²) in [5.41, 5.74) is 7.43. The normalized spacial score (nSPS) is 11.1. The van der Waals surface area contributed by atoms with E-state index in [0.29, 0.717) is 0 Å². The number of rotatable bonds is 0. The Hall–Kier alpha value is -5.56. The van der Waals surface area contributed by atoms with Gasteiger partial charge in [-0.2, -0.15) is 11.3 Å². The monoisotopic (exact) mass is 1370 g/mol. The molecule has 2 N–H and O–H groups in total. The van der Waals surface area contributed by atoms with Crippen LogP contribution in [0.4, 0.5) is 0 Å². The summed E-state index contributed by atoms with van der Waals surface area (Å²) in [5, 5.41) is 9.60. The highest BCUT2D eigenvalue weighted by Gasteiger charge is 2.06. The fraction of sp³-hybridized carbons (Fsp3) is 0.576. The van der Waals surface area contributed by atoms with E-state index in [9.17, 15) is 0 Å². The third-order valence-corrected chi connectivity index (χ3v) is 12.6. The number of hydrogen-bond acceptors (Lipinski definition) is 10. The van der Waals surface area contributed by atoms with E-state index in [1.54, 1.807) is 59.8 Å². The molecule has 11 heteroatoms. The molecule has 0 radical (unpaired) electrons. The molecule has 8 aromatic rings. The third kappa shape index (κ3) is 105. The Balaban J connectivity index is -0.0000000894. The predicted molar refractivity (Wildman–Crippen MR) is 444 cm³/mol. The minimum Gasteiger partial charge on any atom is -0.470 e. The van der Waals surface area contributed by atoms with Crippen LogP contribution in [0.15, 0.2) is 167 Å². The van der Waals surface area contributed by atoms with Gasteiger partial charge in [0.05, 0.1) is 19.5 Å². The lowest BCUT2D eigenvalue weighted by atomic mass is 9.91. The third-order valence-electron chi connectivity index (χ3n) is 11.0. The molecule has 558 valence electrons. The maximum Gasteiger partial charge on any atom is 0.125 e. The van der Waals surface area contributed by atoms with Gasteiger partial charge in [-0.05, 0) is 195 Å². The van der Waals surface area contributed by atoms with Crippen LogP contribution in [0.3, 0.4) is 0 Å². The number of furan rings is 1. The Morgan fingerprint density at radius 1 is 0.438 bits per heavy atom. The van der Waals surface area contributed by atoms with Gasteiger partial charge in [-0.1, -0.05) is 252 Å². The zero-order valence-corrected chi connectivity index (χ0v) is 70.9. The summed E-state index contributed by atoms with van der Waals surface area (Å²) < 4.78 is 9.93. The van der Waals surface area contributed by atoms with Gasteiger partial charge in [0.1, 0.15) is 11.6 Å². The van der Waals surface area contributed by atoms with Gasteiger partial charge in [-0.25, -0.2) is 9.97 Å². The molecule has 9 heterocycles. The first-order valence-electron chi connectivity index (χ1n) is 37.3. The van der Waals surface area contributed by atoms with E-state index in [2.05, 4.69) is 135 Å². The fourth-order valence-corrected chi connectivity index (χ4v) is 7.62. The van der Waals surface area contributed by atoms with Crippen molar-refractivity contribution < 1.29 is 9.15 Å². The molecule has 7 aromatic heterocycles. The van der Waals surface area contributed by atoms with Crippen LogP contribution in [0, 0.1) is 74.1 Å². The van der Waals surface area contributed by atoms with Crippen molar-refractivity contribution >= 4 is 22.7 Å². The quantitative estimate of drug-likeness (QED) is 0.155. The number of aromatic nitrogens is 5. The molecule has 9 nitrogen and oxygen atoms in total. The highest BCUT2D eigenvalue weighted by Crippen LogP contribution is 2.22. The van der Waals surface area contributed by atoms with E-state index in [1.165, 1.54) is 91.0 Å². The lowest BCUT2D eigenvalue weighted by Gasteiger charge is -2.21. The highest BCUT2D eigenvalue weighted by molar-refractivity contribution is 7.09. The first-order chi connectivity index (χ1) is 46.7. The topological polar surface area (TPSA) is 105 Å². The van der Waals surface area contributed by atoms with Crippen molar-refractivity contribution in [1.29, 1.82) is 0 Å². The highest BCUT2D eigenvalue weighted by atomic mass is 32.1. The van der Waals surface area contributed by atoms with Crippen molar-refractivity contribution in [2.45, 2.75) is 273 Å². The zero-order valence-electron chi connectivity index (χ0n) is 69.3. The number of thiophene rings is 2. The van der Waals surface area contributed by atoms with E-state index >= 15 is 0 Å². The Morgan fingerprint density at radius 3 is 1.10 bits per heavy atom. The SMILES string of the molecule is CC.CC.CC.CC.CC.CC.CC.CC.CC.CC.CC.CC1CCCCC1.CC1CCNCC1.CN1CCOCC1.Cc1ccc(C)[nH]1.Cc1ccccc1.Cc1ccccn1.Cc1cccnc1.Cc1ccco1.Cc1cccs1.Cc1ccsc1.Cc1ncccn1. The molecular weight excluding hydrogens is 1220 g/mol. The molecular formula is C85H159N7O2S2. The van der Waals surface area contributed by atoms with Crippen molar-refractivity contribution in [2.24, 2.45) is 11.8 Å². The van der Waals surface area contributed by atoms with Crippen LogP contribution < -0.4 is 5.32 Å². The molecule has 96 heavy (non-hydrogen) atoms. The van der Waals surface area contributed by atoms with Crippen LogP contribution >= 0.6 is 22.7 Å². The average molecular weight is 1380 g/mol. The second kappa shape index (κ2) is 108. The van der Waals surface area contributed by atoms with Crippen LogP contribution in [0.5, 0.6) is 0 Å². The fourth-order valence-electron chi connectivity index (χ4n) is 6.43. The zero-order chi connectivity index (χ0) is 76.3. The standard InChI is InChI=1S/C7H14.C7H8.C6H9N.C6H13N.2C6H7N.C5H6N2.C5H11NO.C5H6O.2C5H6S.11C2H6/c2*1-7-5-3-2-4-6-7;1-5-3-4-6(2)7-5;1-6-2-4-7-5-3-6;1-6-3-2-4-7-5-6;1-6-4-2-3-5-7-6;1-5-6-3-2-4-7-5;1-6-2-4-7-5-3-6;1-5-3-2-4-6-5;1-5-2-3-6-4-5;1-5-3-2-4-6-5;11*1-2/h7H,2-6H2,1H3;2-6H,1H3;3-4,7H,1-2H3;6-7H,2-5H2,1H3;2*2-5H,1H3;2-4H,1H3;2-5H2,1H3;3*2-4H,1H3;11*1-2H3. The van der Waals surface area contributed by atoms with E-state index in [0.717, 1.165) is 55.4 Å². The van der Waals surface area contributed by atoms with Crippen LogP contribution in [0.25, 0.3) is 0 Å². The largest absolute Gasteiger partial charge is 0.470 e. The first-order valence-corrected chi connectivity index (χ1v) is 39.1. The minimum absolute atomic E-state index is 0.822. The number of piperidine rings is 1. The van der Waals surface area contributed by atoms with E-state index < -0.39 is 0 Å². The van der Waals surface area contributed by atoms with Crippen LogP contribution in [0.1, 0.15) is 261 Å². The maximum absolute atomic E-state index is 5.10. The lowest BCUT2D eigenvalue weighted by molar-refractivity contribution is 0.0503. The predicted octanol–water partition coefficient (Wildman–Crippen LogP) is 27.7. The smallest absolute Gasteiger partial charge is 0.125 e. The Bertz CT molecular complexity index is 2020. The molecule has 0 bridgehead atoms. The Morgan fingerprint density at radius 2 is 0.917 bits per heavy atom. The number of nitrogens with zero attached hydrogens (tertiary/aromatic N) is 5. The van der Waals surface area contributed by atoms with Gasteiger partial charge in [-0.3, -0.25) is 9.97 Å². The Labute approximate surface area is 607 Å². The molecule has 1 saturated carbocycles. The van der Waals surface area contributed by atoms with Crippen molar-refractivity contribution in [2.75, 3.05) is 46.4 Å². The van der Waals surface area contributed by atoms with Gasteiger partial charge in [0.25, 0.3) is 0 Å². The van der Waals surface area contributed by atoms with Crippen molar-refractivity contribution in [3.05, 3.63) is 213 Å². The summed E-state index contributed by atoms with van der Waals surface area (Å²) in [7, 11) is 2.11. The molecule has 11 rings (SSSR count). The second-order valence-corrected chi connectivity index (χ2v) is 20.5. The molecule has 2 aliphatic heterocycles. The first kappa shape index (κ1) is 115. The molecule has 1 aliphatic carbocycles. The summed E-state index contributed by atoms with van der Waals surface area (Å²) in [6.45, 7) is 73.3. The van der Waals surface area contributed by atoms with Gasteiger partial charge < -0.3 is 24.4 Å². The number of aromatic amines is 1.